The molecule has 0 radical (unpaired) electrons. The highest BCUT2D eigenvalue weighted by Crippen LogP contribution is 2.19. The van der Waals surface area contributed by atoms with E-state index in [4.69, 9.17) is 5.73 Å². The number of hydrogen-bond acceptors (Lipinski definition) is 4. The maximum absolute atomic E-state index is 12.6. The van der Waals surface area contributed by atoms with E-state index in [2.05, 4.69) is 16.9 Å². The molecule has 6 nitrogen and oxygen atoms in total. The van der Waals surface area contributed by atoms with E-state index in [9.17, 15) is 4.79 Å². The maximum Gasteiger partial charge on any atom is 0.274 e. The summed E-state index contributed by atoms with van der Waals surface area (Å²) in [6.07, 6.45) is 1.16. The summed E-state index contributed by atoms with van der Waals surface area (Å²) in [6, 6.07) is 0. The van der Waals surface area contributed by atoms with Crippen LogP contribution >= 0.6 is 0 Å². The van der Waals surface area contributed by atoms with Gasteiger partial charge in [-0.05, 0) is 26.8 Å². The Bertz CT molecular complexity index is 474. The molecule has 2 heterocycles. The van der Waals surface area contributed by atoms with Gasteiger partial charge in [0, 0.05) is 32.7 Å². The van der Waals surface area contributed by atoms with Gasteiger partial charge in [0.15, 0.2) is 0 Å². The fourth-order valence-corrected chi connectivity index (χ4v) is 2.69. The van der Waals surface area contributed by atoms with Crippen LogP contribution in [0.15, 0.2) is 0 Å². The monoisotopic (exact) mass is 279 g/mol. The van der Waals surface area contributed by atoms with E-state index in [0.29, 0.717) is 17.9 Å². The highest BCUT2D eigenvalue weighted by atomic mass is 16.2. The van der Waals surface area contributed by atoms with Crippen LogP contribution in [0.25, 0.3) is 0 Å². The molecule has 0 aromatic carbocycles. The third-order valence-corrected chi connectivity index (χ3v) is 3.88. The average Bonchev–Trinajstić information content (AvgIpc) is 2.75. The minimum atomic E-state index is 0.0149. The van der Waals surface area contributed by atoms with Crippen molar-refractivity contribution in [1.82, 2.24) is 19.6 Å². The van der Waals surface area contributed by atoms with Crippen LogP contribution in [0.1, 0.15) is 36.5 Å². The van der Waals surface area contributed by atoms with Gasteiger partial charge in [-0.25, -0.2) is 0 Å². The van der Waals surface area contributed by atoms with E-state index in [1.165, 1.54) is 0 Å². The van der Waals surface area contributed by atoms with E-state index in [0.717, 1.165) is 44.8 Å². The third kappa shape index (κ3) is 2.80. The van der Waals surface area contributed by atoms with Crippen LogP contribution < -0.4 is 5.73 Å². The number of nitrogens with zero attached hydrogens (tertiary/aromatic N) is 4. The first-order valence-electron chi connectivity index (χ1n) is 7.43. The largest absolute Gasteiger partial charge is 0.395 e. The van der Waals surface area contributed by atoms with Crippen molar-refractivity contribution in [3.8, 4) is 0 Å². The van der Waals surface area contributed by atoms with E-state index in [-0.39, 0.29) is 5.91 Å². The Labute approximate surface area is 120 Å². The quantitative estimate of drug-likeness (QED) is 0.891. The lowest BCUT2D eigenvalue weighted by Crippen LogP contribution is -2.49. The molecule has 0 bridgehead atoms. The molecule has 0 unspecified atom stereocenters. The first-order chi connectivity index (χ1) is 9.58. The number of nitrogen functional groups attached to an aromatic ring is 1. The zero-order valence-electron chi connectivity index (χ0n) is 12.7. The summed E-state index contributed by atoms with van der Waals surface area (Å²) in [7, 11) is 0. The molecule has 2 rings (SSSR count). The molecule has 1 aliphatic heterocycles. The summed E-state index contributed by atoms with van der Waals surface area (Å²) in [6.45, 7) is 11.2. The smallest absolute Gasteiger partial charge is 0.274 e. The number of carbonyl (C=O) groups excluding carboxylic acids is 1. The number of amides is 1. The molecule has 6 heteroatoms. The van der Waals surface area contributed by atoms with Gasteiger partial charge < -0.3 is 10.6 Å². The zero-order valence-corrected chi connectivity index (χ0v) is 12.7. The van der Waals surface area contributed by atoms with Crippen molar-refractivity contribution < 1.29 is 4.79 Å². The molecule has 1 aliphatic rings. The number of carbonyl (C=O) groups is 1. The van der Waals surface area contributed by atoms with E-state index < -0.39 is 0 Å². The van der Waals surface area contributed by atoms with Crippen molar-refractivity contribution in [2.24, 2.45) is 0 Å². The predicted octanol–water partition coefficient (Wildman–Crippen LogP) is 0.961. The summed E-state index contributed by atoms with van der Waals surface area (Å²) in [5.74, 6) is 0.0149. The molecule has 0 atom stereocenters. The lowest BCUT2D eigenvalue weighted by Gasteiger charge is -2.34. The number of rotatable bonds is 4. The van der Waals surface area contributed by atoms with Gasteiger partial charge in [0.25, 0.3) is 5.91 Å². The van der Waals surface area contributed by atoms with E-state index >= 15 is 0 Å². The van der Waals surface area contributed by atoms with E-state index in [1.54, 1.807) is 4.68 Å². The summed E-state index contributed by atoms with van der Waals surface area (Å²) in [5, 5.41) is 4.32. The maximum atomic E-state index is 12.6. The molecule has 112 valence electrons. The number of anilines is 1. The lowest BCUT2D eigenvalue weighted by molar-refractivity contribution is 0.0626. The lowest BCUT2D eigenvalue weighted by atomic mass is 10.2. The molecule has 1 amide bonds. The molecular formula is C14H25N5O. The number of piperazine rings is 1. The van der Waals surface area contributed by atoms with Gasteiger partial charge in [-0.2, -0.15) is 5.10 Å². The van der Waals surface area contributed by atoms with Gasteiger partial charge in [0.05, 0.1) is 11.4 Å². The number of aryl methyl sites for hydroxylation is 2. The second kappa shape index (κ2) is 6.26. The fourth-order valence-electron chi connectivity index (χ4n) is 2.69. The van der Waals surface area contributed by atoms with Crippen LogP contribution in [-0.4, -0.2) is 58.2 Å². The average molecular weight is 279 g/mol. The van der Waals surface area contributed by atoms with E-state index in [1.807, 2.05) is 18.7 Å². The number of aromatic nitrogens is 2. The topological polar surface area (TPSA) is 67.4 Å². The van der Waals surface area contributed by atoms with Gasteiger partial charge in [0.2, 0.25) is 0 Å². The molecule has 20 heavy (non-hydrogen) atoms. The fraction of sp³-hybridized carbons (Fsp3) is 0.714. The minimum absolute atomic E-state index is 0.0149. The standard InChI is InChI=1S/C14H25N5O/c1-4-6-17-7-9-18(10-8-17)14(20)13-12(15)11(3)16-19(13)5-2/h4-10,15H2,1-3H3. The first kappa shape index (κ1) is 14.8. The van der Waals surface area contributed by atoms with Crippen molar-refractivity contribution in [2.75, 3.05) is 38.5 Å². The summed E-state index contributed by atoms with van der Waals surface area (Å²) >= 11 is 0. The third-order valence-electron chi connectivity index (χ3n) is 3.88. The first-order valence-corrected chi connectivity index (χ1v) is 7.43. The van der Waals surface area contributed by atoms with Gasteiger partial charge >= 0.3 is 0 Å². The van der Waals surface area contributed by atoms with Gasteiger partial charge in [-0.15, -0.1) is 0 Å². The summed E-state index contributed by atoms with van der Waals surface area (Å²) < 4.78 is 1.71. The number of hydrogen-bond donors (Lipinski definition) is 1. The molecule has 1 aromatic heterocycles. The van der Waals surface area contributed by atoms with Gasteiger partial charge in [-0.1, -0.05) is 6.92 Å². The second-order valence-electron chi connectivity index (χ2n) is 5.30. The van der Waals surface area contributed by atoms with Crippen molar-refractivity contribution in [1.29, 1.82) is 0 Å². The molecule has 0 saturated carbocycles. The minimum Gasteiger partial charge on any atom is -0.395 e. The number of nitrogens with two attached hydrogens (primary N) is 1. The SMILES string of the molecule is CCCN1CCN(C(=O)c2c(N)c(C)nn2CC)CC1. The Morgan fingerprint density at radius 1 is 1.25 bits per heavy atom. The van der Waals surface area contributed by atoms with Gasteiger partial charge in [-0.3, -0.25) is 14.4 Å². The highest BCUT2D eigenvalue weighted by Gasteiger charge is 2.27. The van der Waals surface area contributed by atoms with Crippen molar-refractivity contribution in [2.45, 2.75) is 33.7 Å². The van der Waals surface area contributed by atoms with Crippen LogP contribution in [0.5, 0.6) is 0 Å². The summed E-state index contributed by atoms with van der Waals surface area (Å²) in [4.78, 5) is 16.9. The Balaban J connectivity index is 2.09. The van der Waals surface area contributed by atoms with Crippen LogP contribution in [-0.2, 0) is 6.54 Å². The van der Waals surface area contributed by atoms with Crippen LogP contribution in [0, 0.1) is 6.92 Å². The Kier molecular flexibility index (Phi) is 4.65. The van der Waals surface area contributed by atoms with Gasteiger partial charge in [0.1, 0.15) is 5.69 Å². The zero-order chi connectivity index (χ0) is 14.7. The second-order valence-corrected chi connectivity index (χ2v) is 5.30. The highest BCUT2D eigenvalue weighted by molar-refractivity contribution is 5.98. The Morgan fingerprint density at radius 2 is 1.90 bits per heavy atom. The predicted molar refractivity (Wildman–Crippen MR) is 79.7 cm³/mol. The Hall–Kier alpha value is -1.56. The molecule has 0 aliphatic carbocycles. The van der Waals surface area contributed by atoms with Crippen molar-refractivity contribution in [3.63, 3.8) is 0 Å². The molecular weight excluding hydrogens is 254 g/mol. The Morgan fingerprint density at radius 3 is 2.45 bits per heavy atom. The van der Waals surface area contributed by atoms with Crippen LogP contribution in [0.3, 0.4) is 0 Å². The molecule has 1 saturated heterocycles. The molecule has 2 N–H and O–H groups in total. The van der Waals surface area contributed by atoms with Crippen molar-refractivity contribution in [3.05, 3.63) is 11.4 Å². The van der Waals surface area contributed by atoms with Crippen LogP contribution in [0.2, 0.25) is 0 Å². The molecule has 1 fully saturated rings. The summed E-state index contributed by atoms with van der Waals surface area (Å²) in [5.41, 5.74) is 7.83. The van der Waals surface area contributed by atoms with Crippen molar-refractivity contribution >= 4 is 11.6 Å². The molecule has 1 aromatic rings. The molecule has 0 spiro atoms. The van der Waals surface area contributed by atoms with Crippen LogP contribution in [0.4, 0.5) is 5.69 Å². The normalized spacial score (nSPS) is 16.6.